The van der Waals surface area contributed by atoms with Gasteiger partial charge in [0, 0.05) is 25.3 Å². The number of urea groups is 1. The lowest BCUT2D eigenvalue weighted by molar-refractivity contribution is 0.0696. The van der Waals surface area contributed by atoms with Crippen molar-refractivity contribution in [1.29, 1.82) is 0 Å². The Morgan fingerprint density at radius 3 is 2.76 bits per heavy atom. The van der Waals surface area contributed by atoms with Gasteiger partial charge in [-0.15, -0.1) is 0 Å². The Bertz CT molecular complexity index is 585. The van der Waals surface area contributed by atoms with Gasteiger partial charge in [-0.3, -0.25) is 4.90 Å². The predicted molar refractivity (Wildman–Crippen MR) is 79.8 cm³/mol. The fraction of sp³-hybridized carbons (Fsp3) is 0.500. The molecule has 5 nitrogen and oxygen atoms in total. The number of carboxylic acid groups (broad SMARTS) is 1. The number of fused-ring (bicyclic) bond motifs is 1. The number of carboxylic acids is 1. The van der Waals surface area contributed by atoms with Crippen molar-refractivity contribution in [2.45, 2.75) is 26.2 Å². The molecule has 0 spiro atoms. The molecule has 1 saturated heterocycles. The maximum atomic E-state index is 12.7. The minimum atomic E-state index is -0.922. The maximum Gasteiger partial charge on any atom is 0.335 e. The Hall–Kier alpha value is -2.04. The molecule has 0 saturated carbocycles. The van der Waals surface area contributed by atoms with Gasteiger partial charge < -0.3 is 10.0 Å². The Balaban J connectivity index is 1.86. The highest BCUT2D eigenvalue weighted by Gasteiger charge is 2.30. The van der Waals surface area contributed by atoms with Crippen LogP contribution in [0.15, 0.2) is 18.2 Å². The molecule has 0 radical (unpaired) electrons. The van der Waals surface area contributed by atoms with E-state index in [0.717, 1.165) is 43.6 Å². The number of nitrogens with zero attached hydrogens (tertiary/aromatic N) is 2. The van der Waals surface area contributed by atoms with Crippen LogP contribution in [0.3, 0.4) is 0 Å². The summed E-state index contributed by atoms with van der Waals surface area (Å²) in [6, 6.07) is 5.11. The highest BCUT2D eigenvalue weighted by Crippen LogP contribution is 2.30. The molecule has 1 atom stereocenters. The first-order valence-electron chi connectivity index (χ1n) is 7.49. The number of benzene rings is 1. The van der Waals surface area contributed by atoms with Crippen LogP contribution in [0.5, 0.6) is 0 Å². The zero-order valence-corrected chi connectivity index (χ0v) is 12.2. The number of hydrogen-bond acceptors (Lipinski definition) is 2. The van der Waals surface area contributed by atoms with Crippen molar-refractivity contribution < 1.29 is 14.7 Å². The molecular weight excluding hydrogens is 268 g/mol. The highest BCUT2D eigenvalue weighted by molar-refractivity contribution is 5.95. The van der Waals surface area contributed by atoms with Crippen molar-refractivity contribution in [3.63, 3.8) is 0 Å². The van der Waals surface area contributed by atoms with Crippen LogP contribution in [-0.2, 0) is 6.42 Å². The molecule has 1 aromatic rings. The number of hydrogen-bond donors (Lipinski definition) is 1. The van der Waals surface area contributed by atoms with Gasteiger partial charge in [0.1, 0.15) is 0 Å². The van der Waals surface area contributed by atoms with E-state index < -0.39 is 5.97 Å². The van der Waals surface area contributed by atoms with Gasteiger partial charge in [0.25, 0.3) is 0 Å². The summed E-state index contributed by atoms with van der Waals surface area (Å²) in [5.41, 5.74) is 2.12. The molecule has 0 aromatic heterocycles. The zero-order chi connectivity index (χ0) is 15.0. The molecule has 112 valence electrons. The lowest BCUT2D eigenvalue weighted by Crippen LogP contribution is -2.44. The van der Waals surface area contributed by atoms with Crippen LogP contribution in [0.25, 0.3) is 0 Å². The van der Waals surface area contributed by atoms with Gasteiger partial charge in [-0.1, -0.05) is 6.92 Å². The summed E-state index contributed by atoms with van der Waals surface area (Å²) in [7, 11) is 0. The number of rotatable bonds is 1. The van der Waals surface area contributed by atoms with Crippen LogP contribution < -0.4 is 4.90 Å². The van der Waals surface area contributed by atoms with E-state index in [1.807, 2.05) is 9.80 Å². The Kier molecular flexibility index (Phi) is 3.57. The summed E-state index contributed by atoms with van der Waals surface area (Å²) in [4.78, 5) is 27.4. The summed E-state index contributed by atoms with van der Waals surface area (Å²) in [5, 5.41) is 9.07. The zero-order valence-electron chi connectivity index (χ0n) is 12.2. The lowest BCUT2D eigenvalue weighted by atomic mass is 9.99. The molecule has 1 aromatic carbocycles. The van der Waals surface area contributed by atoms with E-state index in [-0.39, 0.29) is 11.6 Å². The summed E-state index contributed by atoms with van der Waals surface area (Å²) in [6.07, 6.45) is 2.77. The van der Waals surface area contributed by atoms with Crippen molar-refractivity contribution >= 4 is 17.7 Å². The first kappa shape index (κ1) is 13.9. The number of aromatic carboxylic acids is 1. The highest BCUT2D eigenvalue weighted by atomic mass is 16.4. The molecule has 2 amide bonds. The van der Waals surface area contributed by atoms with E-state index in [4.69, 9.17) is 5.11 Å². The minimum absolute atomic E-state index is 0.0587. The van der Waals surface area contributed by atoms with Gasteiger partial charge in [0.15, 0.2) is 0 Å². The summed E-state index contributed by atoms with van der Waals surface area (Å²) in [6.45, 7) is 4.51. The van der Waals surface area contributed by atoms with Crippen molar-refractivity contribution in [2.75, 3.05) is 24.5 Å². The van der Waals surface area contributed by atoms with Gasteiger partial charge in [-0.2, -0.15) is 0 Å². The summed E-state index contributed by atoms with van der Waals surface area (Å²) >= 11 is 0. The molecule has 1 N–H and O–H groups in total. The van der Waals surface area contributed by atoms with E-state index in [9.17, 15) is 9.59 Å². The molecule has 1 unspecified atom stereocenters. The minimum Gasteiger partial charge on any atom is -0.478 e. The molecule has 2 aliphatic heterocycles. The average molecular weight is 288 g/mol. The number of amides is 2. The van der Waals surface area contributed by atoms with Crippen molar-refractivity contribution in [3.8, 4) is 0 Å². The first-order valence-corrected chi connectivity index (χ1v) is 7.49. The second kappa shape index (κ2) is 5.39. The fourth-order valence-electron chi connectivity index (χ4n) is 3.21. The van der Waals surface area contributed by atoms with E-state index >= 15 is 0 Å². The van der Waals surface area contributed by atoms with Gasteiger partial charge in [-0.25, -0.2) is 9.59 Å². The summed E-state index contributed by atoms with van der Waals surface area (Å²) in [5.74, 6) is -0.359. The standard InChI is InChI=1S/C16H20N2O3/c1-11-6-8-17(10-11)16(21)18-7-2-3-12-9-13(15(19)20)4-5-14(12)18/h4-5,9,11H,2-3,6-8,10H2,1H3,(H,19,20). The van der Waals surface area contributed by atoms with Crippen LogP contribution in [0.4, 0.5) is 10.5 Å². The SMILES string of the molecule is CC1CCN(C(=O)N2CCCc3cc(C(=O)O)ccc32)C1. The number of anilines is 1. The van der Waals surface area contributed by atoms with Crippen LogP contribution >= 0.6 is 0 Å². The molecule has 2 heterocycles. The number of aryl methyl sites for hydroxylation is 1. The van der Waals surface area contributed by atoms with E-state index in [2.05, 4.69) is 6.92 Å². The molecule has 2 aliphatic rings. The van der Waals surface area contributed by atoms with Crippen molar-refractivity contribution in [2.24, 2.45) is 5.92 Å². The second-order valence-electron chi connectivity index (χ2n) is 6.03. The lowest BCUT2D eigenvalue weighted by Gasteiger charge is -2.33. The second-order valence-corrected chi connectivity index (χ2v) is 6.03. The third kappa shape index (κ3) is 2.60. The van der Waals surface area contributed by atoms with Crippen molar-refractivity contribution in [1.82, 2.24) is 4.90 Å². The van der Waals surface area contributed by atoms with Gasteiger partial charge in [-0.05, 0) is 48.9 Å². The van der Waals surface area contributed by atoms with Crippen LogP contribution in [0.2, 0.25) is 0 Å². The molecule has 0 aliphatic carbocycles. The molecule has 5 heteroatoms. The Morgan fingerprint density at radius 2 is 2.10 bits per heavy atom. The predicted octanol–water partition coefficient (Wildman–Crippen LogP) is 2.60. The molecule has 1 fully saturated rings. The Morgan fingerprint density at radius 1 is 1.29 bits per heavy atom. The monoisotopic (exact) mass is 288 g/mol. The van der Waals surface area contributed by atoms with Crippen LogP contribution in [0, 0.1) is 5.92 Å². The van der Waals surface area contributed by atoms with E-state index in [1.54, 1.807) is 18.2 Å². The molecule has 3 rings (SSSR count). The summed E-state index contributed by atoms with van der Waals surface area (Å²) < 4.78 is 0. The largest absolute Gasteiger partial charge is 0.478 e. The van der Waals surface area contributed by atoms with Gasteiger partial charge >= 0.3 is 12.0 Å². The van der Waals surface area contributed by atoms with E-state index in [0.29, 0.717) is 12.5 Å². The first-order chi connectivity index (χ1) is 10.1. The third-order valence-electron chi connectivity index (χ3n) is 4.37. The quantitative estimate of drug-likeness (QED) is 0.864. The third-order valence-corrected chi connectivity index (χ3v) is 4.37. The average Bonchev–Trinajstić information content (AvgIpc) is 2.91. The Labute approximate surface area is 124 Å². The van der Waals surface area contributed by atoms with Gasteiger partial charge in [0.05, 0.1) is 5.56 Å². The maximum absolute atomic E-state index is 12.7. The topological polar surface area (TPSA) is 60.9 Å². The van der Waals surface area contributed by atoms with Crippen molar-refractivity contribution in [3.05, 3.63) is 29.3 Å². The van der Waals surface area contributed by atoms with Crippen LogP contribution in [-0.4, -0.2) is 41.6 Å². The molecular formula is C16H20N2O3. The normalized spacial score (nSPS) is 21.3. The van der Waals surface area contributed by atoms with Gasteiger partial charge in [0.2, 0.25) is 0 Å². The smallest absolute Gasteiger partial charge is 0.335 e. The molecule has 21 heavy (non-hydrogen) atoms. The fourth-order valence-corrected chi connectivity index (χ4v) is 3.21. The molecule has 0 bridgehead atoms. The number of carbonyl (C=O) groups excluding carboxylic acids is 1. The number of carbonyl (C=O) groups is 2. The van der Waals surface area contributed by atoms with Crippen LogP contribution in [0.1, 0.15) is 35.7 Å². The number of likely N-dealkylation sites (tertiary alicyclic amines) is 1. The van der Waals surface area contributed by atoms with E-state index in [1.165, 1.54) is 0 Å².